The number of hydrogen-bond acceptors (Lipinski definition) is 8. The molecule has 1 aromatic heterocycles. The minimum Gasteiger partial charge on any atom is -0.478 e. The molecule has 4 rings (SSSR count). The standard InChI is InChI=1S/C24H20N2O7/c1-31-23(29)18-12-33-13-26(21(18)24(30)32-2)15-7-5-6-14(10-15)20-11-17(22(27)28)16-8-3-4-9-19(16)25-20/h3-11H,12-13H2,1-2H3,(H,27,28). The van der Waals surface area contributed by atoms with Gasteiger partial charge in [-0.1, -0.05) is 30.3 Å². The number of rotatable bonds is 5. The zero-order chi connectivity index (χ0) is 23.5. The third-order valence-electron chi connectivity index (χ3n) is 5.23. The van der Waals surface area contributed by atoms with Gasteiger partial charge in [-0.15, -0.1) is 0 Å². The molecule has 9 heteroatoms. The topological polar surface area (TPSA) is 115 Å². The van der Waals surface area contributed by atoms with E-state index in [1.54, 1.807) is 48.5 Å². The van der Waals surface area contributed by atoms with Crippen molar-refractivity contribution in [1.29, 1.82) is 0 Å². The van der Waals surface area contributed by atoms with Crippen molar-refractivity contribution in [2.45, 2.75) is 0 Å². The first-order valence-electron chi connectivity index (χ1n) is 9.93. The summed E-state index contributed by atoms with van der Waals surface area (Å²) in [6.07, 6.45) is 0. The minimum absolute atomic E-state index is 0.0000935. The van der Waals surface area contributed by atoms with Gasteiger partial charge in [0.05, 0.1) is 43.2 Å². The predicted molar refractivity (Wildman–Crippen MR) is 118 cm³/mol. The molecule has 0 unspecified atom stereocenters. The summed E-state index contributed by atoms with van der Waals surface area (Å²) in [7, 11) is 2.44. The van der Waals surface area contributed by atoms with Gasteiger partial charge in [-0.25, -0.2) is 19.4 Å². The molecule has 0 spiro atoms. The highest BCUT2D eigenvalue weighted by atomic mass is 16.5. The van der Waals surface area contributed by atoms with E-state index in [2.05, 4.69) is 4.98 Å². The monoisotopic (exact) mass is 448 g/mol. The number of carboxylic acids is 1. The van der Waals surface area contributed by atoms with E-state index in [-0.39, 0.29) is 30.2 Å². The van der Waals surface area contributed by atoms with Crippen molar-refractivity contribution in [2.24, 2.45) is 0 Å². The minimum atomic E-state index is -1.06. The summed E-state index contributed by atoms with van der Waals surface area (Å²) < 4.78 is 15.2. The molecule has 33 heavy (non-hydrogen) atoms. The maximum Gasteiger partial charge on any atom is 0.355 e. The smallest absolute Gasteiger partial charge is 0.355 e. The molecule has 0 amide bonds. The van der Waals surface area contributed by atoms with Gasteiger partial charge in [-0.3, -0.25) is 0 Å². The highest BCUT2D eigenvalue weighted by Crippen LogP contribution is 2.31. The summed E-state index contributed by atoms with van der Waals surface area (Å²) in [6.45, 7) is -0.0958. The van der Waals surface area contributed by atoms with Crippen LogP contribution >= 0.6 is 0 Å². The second kappa shape index (κ2) is 9.09. The lowest BCUT2D eigenvalue weighted by Crippen LogP contribution is -2.38. The molecule has 3 aromatic rings. The molecule has 0 saturated heterocycles. The molecule has 0 aliphatic carbocycles. The van der Waals surface area contributed by atoms with Crippen LogP contribution in [0.25, 0.3) is 22.2 Å². The van der Waals surface area contributed by atoms with E-state index in [0.29, 0.717) is 27.8 Å². The van der Waals surface area contributed by atoms with E-state index in [0.717, 1.165) is 0 Å². The molecule has 9 nitrogen and oxygen atoms in total. The Labute approximate surface area is 188 Å². The van der Waals surface area contributed by atoms with Crippen LogP contribution in [-0.4, -0.2) is 55.6 Å². The fourth-order valence-corrected chi connectivity index (χ4v) is 3.68. The second-order valence-corrected chi connectivity index (χ2v) is 7.14. The zero-order valence-electron chi connectivity index (χ0n) is 17.9. The number of hydrogen-bond donors (Lipinski definition) is 1. The first-order valence-corrected chi connectivity index (χ1v) is 9.93. The summed E-state index contributed by atoms with van der Waals surface area (Å²) in [5.41, 5.74) is 2.33. The lowest BCUT2D eigenvalue weighted by molar-refractivity contribution is -0.140. The fraction of sp³-hybridized carbons (Fsp3) is 0.167. The number of benzene rings is 2. The van der Waals surface area contributed by atoms with E-state index in [1.807, 2.05) is 0 Å². The van der Waals surface area contributed by atoms with Gasteiger partial charge >= 0.3 is 17.9 Å². The molecule has 1 aliphatic rings. The van der Waals surface area contributed by atoms with Crippen LogP contribution < -0.4 is 4.90 Å². The maximum absolute atomic E-state index is 12.5. The number of ether oxygens (including phenoxy) is 3. The summed E-state index contributed by atoms with van der Waals surface area (Å²) in [4.78, 5) is 42.7. The molecule has 168 valence electrons. The molecule has 0 saturated carbocycles. The Balaban J connectivity index is 1.84. The van der Waals surface area contributed by atoms with Crippen molar-refractivity contribution in [2.75, 3.05) is 32.5 Å². The molecule has 0 fully saturated rings. The van der Waals surface area contributed by atoms with E-state index in [4.69, 9.17) is 14.2 Å². The first-order chi connectivity index (χ1) is 15.9. The molecule has 2 heterocycles. The summed E-state index contributed by atoms with van der Waals surface area (Å²) in [5, 5.41) is 10.2. The van der Waals surface area contributed by atoms with Crippen LogP contribution in [0.2, 0.25) is 0 Å². The molecule has 2 aromatic carbocycles. The molecule has 0 radical (unpaired) electrons. The van der Waals surface area contributed by atoms with Gasteiger partial charge in [0.1, 0.15) is 12.4 Å². The number of fused-ring (bicyclic) bond motifs is 1. The van der Waals surface area contributed by atoms with Crippen LogP contribution in [0.5, 0.6) is 0 Å². The van der Waals surface area contributed by atoms with Crippen LogP contribution in [0.15, 0.2) is 65.9 Å². The van der Waals surface area contributed by atoms with Crippen molar-refractivity contribution >= 4 is 34.5 Å². The number of methoxy groups -OCH3 is 2. The Bertz CT molecular complexity index is 1300. The average Bonchev–Trinajstić information content (AvgIpc) is 2.86. The Kier molecular flexibility index (Phi) is 6.05. The molecular formula is C24H20N2O7. The Morgan fingerprint density at radius 1 is 1.00 bits per heavy atom. The number of anilines is 1. The highest BCUT2D eigenvalue weighted by molar-refractivity contribution is 6.04. The number of esters is 2. The van der Waals surface area contributed by atoms with Crippen LogP contribution in [-0.2, 0) is 23.8 Å². The van der Waals surface area contributed by atoms with Crippen molar-refractivity contribution in [1.82, 2.24) is 4.98 Å². The van der Waals surface area contributed by atoms with Gasteiger partial charge < -0.3 is 24.2 Å². The predicted octanol–water partition coefficient (Wildman–Crippen LogP) is 2.99. The summed E-state index contributed by atoms with van der Waals surface area (Å²) >= 11 is 0. The molecule has 0 atom stereocenters. The normalized spacial score (nSPS) is 13.7. The van der Waals surface area contributed by atoms with Crippen LogP contribution in [0, 0.1) is 0 Å². The van der Waals surface area contributed by atoms with Gasteiger partial charge in [0, 0.05) is 16.6 Å². The summed E-state index contributed by atoms with van der Waals surface area (Å²) in [6, 6.07) is 15.5. The van der Waals surface area contributed by atoms with E-state index >= 15 is 0 Å². The van der Waals surface area contributed by atoms with Crippen molar-refractivity contribution in [3.05, 3.63) is 71.4 Å². The number of carbonyl (C=O) groups is 3. The van der Waals surface area contributed by atoms with Crippen LogP contribution in [0.4, 0.5) is 5.69 Å². The van der Waals surface area contributed by atoms with Crippen molar-refractivity contribution < 1.29 is 33.7 Å². The SMILES string of the molecule is COC(=O)C1=C(C(=O)OC)N(c2cccc(-c3cc(C(=O)O)c4ccccc4n3)c2)COC1. The zero-order valence-corrected chi connectivity index (χ0v) is 17.9. The third-order valence-corrected chi connectivity index (χ3v) is 5.23. The van der Waals surface area contributed by atoms with E-state index < -0.39 is 17.9 Å². The number of pyridine rings is 1. The quantitative estimate of drug-likeness (QED) is 0.588. The number of carboxylic acid groups (broad SMARTS) is 1. The van der Waals surface area contributed by atoms with Crippen LogP contribution in [0.1, 0.15) is 10.4 Å². The number of aromatic nitrogens is 1. The molecule has 0 bridgehead atoms. The lowest BCUT2D eigenvalue weighted by Gasteiger charge is -2.31. The second-order valence-electron chi connectivity index (χ2n) is 7.14. The maximum atomic E-state index is 12.5. The fourth-order valence-electron chi connectivity index (χ4n) is 3.68. The van der Waals surface area contributed by atoms with Gasteiger partial charge in [-0.2, -0.15) is 0 Å². The largest absolute Gasteiger partial charge is 0.478 e. The van der Waals surface area contributed by atoms with E-state index in [1.165, 1.54) is 25.2 Å². The average molecular weight is 448 g/mol. The number of nitrogens with zero attached hydrogens (tertiary/aromatic N) is 2. The summed E-state index contributed by atoms with van der Waals surface area (Å²) in [5.74, 6) is -2.46. The van der Waals surface area contributed by atoms with E-state index in [9.17, 15) is 19.5 Å². The Morgan fingerprint density at radius 2 is 1.76 bits per heavy atom. The Hall–Kier alpha value is -4.24. The van der Waals surface area contributed by atoms with Crippen LogP contribution in [0.3, 0.4) is 0 Å². The van der Waals surface area contributed by atoms with Gasteiger partial charge in [0.2, 0.25) is 0 Å². The first kappa shape index (κ1) is 22.0. The Morgan fingerprint density at radius 3 is 2.48 bits per heavy atom. The highest BCUT2D eigenvalue weighted by Gasteiger charge is 2.32. The van der Waals surface area contributed by atoms with Crippen molar-refractivity contribution in [3.63, 3.8) is 0 Å². The number of carbonyl (C=O) groups excluding carboxylic acids is 2. The van der Waals surface area contributed by atoms with Crippen molar-refractivity contribution in [3.8, 4) is 11.3 Å². The molecule has 1 aliphatic heterocycles. The number of para-hydroxylation sites is 1. The van der Waals surface area contributed by atoms with Gasteiger partial charge in [0.25, 0.3) is 0 Å². The molecular weight excluding hydrogens is 428 g/mol. The van der Waals surface area contributed by atoms with Gasteiger partial charge in [-0.05, 0) is 24.3 Å². The third kappa shape index (κ3) is 4.13. The molecule has 1 N–H and O–H groups in total. The lowest BCUT2D eigenvalue weighted by atomic mass is 10.0. The number of aromatic carboxylic acids is 1. The van der Waals surface area contributed by atoms with Gasteiger partial charge in [0.15, 0.2) is 0 Å².